The number of pyridine rings is 1. The summed E-state index contributed by atoms with van der Waals surface area (Å²) in [5.74, 6) is 1.73. The highest BCUT2D eigenvalue weighted by Gasteiger charge is 2.28. The number of anilines is 1. The number of benzene rings is 2. The third kappa shape index (κ3) is 7.28. The van der Waals surface area contributed by atoms with Crippen LogP contribution in [0.4, 0.5) is 10.7 Å². The second-order valence-electron chi connectivity index (χ2n) is 12.9. The fourth-order valence-electron chi connectivity index (χ4n) is 5.85. The third-order valence-corrected chi connectivity index (χ3v) is 8.05. The van der Waals surface area contributed by atoms with Gasteiger partial charge in [-0.1, -0.05) is 30.3 Å². The molecule has 0 unspecified atom stereocenters. The molecule has 3 aromatic heterocycles. The van der Waals surface area contributed by atoms with Gasteiger partial charge in [0.25, 0.3) is 0 Å². The van der Waals surface area contributed by atoms with E-state index in [0.717, 1.165) is 53.3 Å². The molecule has 10 nitrogen and oxygen atoms in total. The van der Waals surface area contributed by atoms with Crippen molar-refractivity contribution in [1.29, 1.82) is 0 Å². The van der Waals surface area contributed by atoms with Gasteiger partial charge in [0, 0.05) is 50.2 Å². The molecular formula is C36H41N7O3. The minimum atomic E-state index is -0.536. The van der Waals surface area contributed by atoms with Gasteiger partial charge >= 0.3 is 6.09 Å². The SMILES string of the molecule is Cc1ccc2c(CCc3cnn(C)c3)cccc2c1Oc1ncccc1-c1ccnc(N[C@H]2CCCN(C(=O)OC(C)(C)C)C2)n1. The predicted molar refractivity (Wildman–Crippen MR) is 179 cm³/mol. The number of rotatable bonds is 8. The van der Waals surface area contributed by atoms with Crippen LogP contribution in [-0.2, 0) is 24.6 Å². The van der Waals surface area contributed by atoms with Crippen LogP contribution in [0.25, 0.3) is 22.0 Å². The van der Waals surface area contributed by atoms with Gasteiger partial charge in [-0.25, -0.2) is 19.7 Å². The van der Waals surface area contributed by atoms with Gasteiger partial charge in [-0.2, -0.15) is 5.10 Å². The van der Waals surface area contributed by atoms with Crippen molar-refractivity contribution < 1.29 is 14.3 Å². The number of aromatic nitrogens is 5. The molecule has 0 bridgehead atoms. The Morgan fingerprint density at radius 1 is 1.02 bits per heavy atom. The molecule has 0 aliphatic carbocycles. The number of carbonyl (C=O) groups excluding carboxylic acids is 1. The van der Waals surface area contributed by atoms with Crippen molar-refractivity contribution in [3.8, 4) is 22.9 Å². The number of ether oxygens (including phenoxy) is 2. The van der Waals surface area contributed by atoms with E-state index in [1.54, 1.807) is 17.3 Å². The summed E-state index contributed by atoms with van der Waals surface area (Å²) in [7, 11) is 1.94. The maximum atomic E-state index is 12.7. The first-order chi connectivity index (χ1) is 22.1. The van der Waals surface area contributed by atoms with Crippen molar-refractivity contribution in [2.24, 2.45) is 7.05 Å². The molecule has 1 N–H and O–H groups in total. The normalized spacial score (nSPS) is 15.2. The van der Waals surface area contributed by atoms with Crippen LogP contribution in [0.1, 0.15) is 50.3 Å². The number of hydrogen-bond acceptors (Lipinski definition) is 8. The molecule has 1 amide bonds. The van der Waals surface area contributed by atoms with Gasteiger partial charge in [0.2, 0.25) is 11.8 Å². The van der Waals surface area contributed by atoms with Crippen LogP contribution in [0.15, 0.2) is 73.3 Å². The maximum absolute atomic E-state index is 12.7. The van der Waals surface area contributed by atoms with Gasteiger partial charge in [0.15, 0.2) is 0 Å². The van der Waals surface area contributed by atoms with Crippen molar-refractivity contribution in [2.75, 3.05) is 18.4 Å². The molecule has 2 aromatic carbocycles. The zero-order valence-corrected chi connectivity index (χ0v) is 27.2. The molecule has 6 rings (SSSR count). The lowest BCUT2D eigenvalue weighted by atomic mass is 9.97. The smallest absolute Gasteiger partial charge is 0.410 e. The van der Waals surface area contributed by atoms with Crippen molar-refractivity contribution in [1.82, 2.24) is 29.6 Å². The number of carbonyl (C=O) groups is 1. The largest absolute Gasteiger partial charge is 0.444 e. The molecule has 1 atom stereocenters. The van der Waals surface area contributed by atoms with Crippen LogP contribution < -0.4 is 10.1 Å². The summed E-state index contributed by atoms with van der Waals surface area (Å²) in [5, 5.41) is 9.94. The molecule has 46 heavy (non-hydrogen) atoms. The molecule has 0 saturated carbocycles. The number of nitrogens with zero attached hydrogens (tertiary/aromatic N) is 6. The molecule has 1 saturated heterocycles. The van der Waals surface area contributed by atoms with Crippen molar-refractivity contribution in [3.05, 3.63) is 90.0 Å². The van der Waals surface area contributed by atoms with E-state index in [1.807, 2.05) is 56.9 Å². The number of aryl methyl sites for hydroxylation is 4. The highest BCUT2D eigenvalue weighted by molar-refractivity contribution is 5.92. The third-order valence-electron chi connectivity index (χ3n) is 8.05. The van der Waals surface area contributed by atoms with Crippen LogP contribution >= 0.6 is 0 Å². The van der Waals surface area contributed by atoms with E-state index in [9.17, 15) is 4.79 Å². The van der Waals surface area contributed by atoms with Crippen LogP contribution in [0, 0.1) is 6.92 Å². The summed E-state index contributed by atoms with van der Waals surface area (Å²) in [6.07, 6.45) is 10.7. The van der Waals surface area contributed by atoms with E-state index < -0.39 is 5.60 Å². The second-order valence-corrected chi connectivity index (χ2v) is 12.9. The number of amides is 1. The molecule has 10 heteroatoms. The van der Waals surface area contributed by atoms with E-state index in [0.29, 0.717) is 30.6 Å². The Kier molecular flexibility index (Phi) is 8.87. The van der Waals surface area contributed by atoms with E-state index in [2.05, 4.69) is 63.8 Å². The Morgan fingerprint density at radius 3 is 2.70 bits per heavy atom. The summed E-state index contributed by atoms with van der Waals surface area (Å²) in [4.78, 5) is 28.4. The number of piperidine rings is 1. The first-order valence-corrected chi connectivity index (χ1v) is 15.8. The molecule has 0 radical (unpaired) electrons. The molecule has 4 heterocycles. The molecule has 1 fully saturated rings. The number of hydrogen-bond donors (Lipinski definition) is 1. The highest BCUT2D eigenvalue weighted by Crippen LogP contribution is 2.37. The van der Waals surface area contributed by atoms with Gasteiger partial charge in [0.05, 0.1) is 17.5 Å². The second kappa shape index (κ2) is 13.2. The Labute approximate surface area is 269 Å². The first kappa shape index (κ1) is 31.0. The average molecular weight is 620 g/mol. The minimum absolute atomic E-state index is 0.00631. The van der Waals surface area contributed by atoms with Crippen molar-refractivity contribution >= 4 is 22.8 Å². The first-order valence-electron chi connectivity index (χ1n) is 15.8. The van der Waals surface area contributed by atoms with Gasteiger partial charge in [0.1, 0.15) is 11.4 Å². The molecule has 0 spiro atoms. The summed E-state index contributed by atoms with van der Waals surface area (Å²) in [6, 6.07) is 16.3. The van der Waals surface area contributed by atoms with Crippen molar-refractivity contribution in [2.45, 2.75) is 65.0 Å². The lowest BCUT2D eigenvalue weighted by Crippen LogP contribution is -2.47. The van der Waals surface area contributed by atoms with Crippen molar-refractivity contribution in [3.63, 3.8) is 0 Å². The molecule has 5 aromatic rings. The lowest BCUT2D eigenvalue weighted by molar-refractivity contribution is 0.0206. The molecule has 238 valence electrons. The standard InChI is InChI=1S/C36H41N7O3/c1-24-13-16-28-26(15-14-25-21-39-42(5)22-25)9-6-11-29(28)32(24)45-33-30(12-7-18-37-33)31-17-19-38-34(41-31)40-27-10-8-20-43(23-27)35(44)46-36(2,3)4/h6-7,9,11-13,16-19,21-22,27H,8,10,14-15,20,23H2,1-5H3,(H,38,40,41)/t27-/m0/s1. The lowest BCUT2D eigenvalue weighted by Gasteiger charge is -2.34. The summed E-state index contributed by atoms with van der Waals surface area (Å²) < 4.78 is 14.1. The quantitative estimate of drug-likeness (QED) is 0.196. The van der Waals surface area contributed by atoms with Gasteiger partial charge in [-0.05, 0) is 93.7 Å². The predicted octanol–water partition coefficient (Wildman–Crippen LogP) is 7.12. The fraction of sp³-hybridized carbons (Fsp3) is 0.361. The summed E-state index contributed by atoms with van der Waals surface area (Å²) >= 11 is 0. The van der Waals surface area contributed by atoms with Crippen LogP contribution in [0.2, 0.25) is 0 Å². The summed E-state index contributed by atoms with van der Waals surface area (Å²) in [5.41, 5.74) is 4.40. The fourth-order valence-corrected chi connectivity index (χ4v) is 5.85. The molecular weight excluding hydrogens is 578 g/mol. The average Bonchev–Trinajstić information content (AvgIpc) is 3.46. The van der Waals surface area contributed by atoms with E-state index >= 15 is 0 Å². The van der Waals surface area contributed by atoms with E-state index in [-0.39, 0.29) is 12.1 Å². The van der Waals surface area contributed by atoms with Gasteiger partial charge in [-0.15, -0.1) is 0 Å². The van der Waals surface area contributed by atoms with Crippen LogP contribution in [-0.4, -0.2) is 60.5 Å². The summed E-state index contributed by atoms with van der Waals surface area (Å²) in [6.45, 7) is 8.88. The number of nitrogens with one attached hydrogen (secondary N) is 1. The van der Waals surface area contributed by atoms with E-state index in [1.165, 1.54) is 11.1 Å². The zero-order valence-electron chi connectivity index (χ0n) is 27.2. The number of likely N-dealkylation sites (tertiary alicyclic amines) is 1. The van der Waals surface area contributed by atoms with Gasteiger partial charge < -0.3 is 19.7 Å². The van der Waals surface area contributed by atoms with Crippen LogP contribution in [0.3, 0.4) is 0 Å². The zero-order chi connectivity index (χ0) is 32.3. The van der Waals surface area contributed by atoms with Gasteiger partial charge in [-0.3, -0.25) is 4.68 Å². The highest BCUT2D eigenvalue weighted by atomic mass is 16.6. The van der Waals surface area contributed by atoms with E-state index in [4.69, 9.17) is 14.5 Å². The topological polar surface area (TPSA) is 107 Å². The minimum Gasteiger partial charge on any atom is -0.444 e. The van der Waals surface area contributed by atoms with Crippen LogP contribution in [0.5, 0.6) is 11.6 Å². The Bertz CT molecular complexity index is 1850. The Hall–Kier alpha value is -4.99. The number of fused-ring (bicyclic) bond motifs is 1. The monoisotopic (exact) mass is 619 g/mol. The Morgan fingerprint density at radius 2 is 1.89 bits per heavy atom. The molecule has 1 aliphatic heterocycles. The molecule has 1 aliphatic rings. The Balaban J connectivity index is 1.22. The maximum Gasteiger partial charge on any atom is 0.410 e.